The van der Waals surface area contributed by atoms with Crippen molar-refractivity contribution in [2.45, 2.75) is 37.6 Å². The van der Waals surface area contributed by atoms with Gasteiger partial charge in [0.25, 0.3) is 0 Å². The molecule has 1 fully saturated rings. The number of halogens is 2. The Bertz CT molecular complexity index is 616. The molecule has 1 aliphatic carbocycles. The Morgan fingerprint density at radius 1 is 1.33 bits per heavy atom. The molecule has 1 aliphatic rings. The molecule has 0 radical (unpaired) electrons. The van der Waals surface area contributed by atoms with E-state index in [-0.39, 0.29) is 16.5 Å². The minimum absolute atomic E-state index is 0.100. The SMILES string of the molecule is CCCN(CC1CC1)S(=O)(=O)c1ccc(Cl)c(CN)c1Cl. The Labute approximate surface area is 136 Å². The lowest BCUT2D eigenvalue weighted by molar-refractivity contribution is 0.395. The highest BCUT2D eigenvalue weighted by Crippen LogP contribution is 2.35. The smallest absolute Gasteiger partial charge is 0.244 e. The van der Waals surface area contributed by atoms with Crippen molar-refractivity contribution in [3.63, 3.8) is 0 Å². The average Bonchev–Trinajstić information content (AvgIpc) is 3.22. The van der Waals surface area contributed by atoms with Gasteiger partial charge >= 0.3 is 0 Å². The van der Waals surface area contributed by atoms with Crippen molar-refractivity contribution in [1.82, 2.24) is 4.31 Å². The van der Waals surface area contributed by atoms with Crippen LogP contribution in [0.25, 0.3) is 0 Å². The molecular weight excluding hydrogens is 331 g/mol. The standard InChI is InChI=1S/C14H20Cl2N2O2S/c1-2-7-18(9-10-3-4-10)21(19,20)13-6-5-12(15)11(8-17)14(13)16/h5-6,10H,2-4,7-9,17H2,1H3. The minimum atomic E-state index is -3.61. The van der Waals surface area contributed by atoms with E-state index in [1.54, 1.807) is 6.07 Å². The van der Waals surface area contributed by atoms with E-state index >= 15 is 0 Å². The number of nitrogens with zero attached hydrogens (tertiary/aromatic N) is 1. The summed E-state index contributed by atoms with van der Waals surface area (Å²) < 4.78 is 27.2. The summed E-state index contributed by atoms with van der Waals surface area (Å²) >= 11 is 12.2. The van der Waals surface area contributed by atoms with Crippen molar-refractivity contribution in [3.05, 3.63) is 27.7 Å². The van der Waals surface area contributed by atoms with Crippen LogP contribution in [0.3, 0.4) is 0 Å². The number of benzene rings is 1. The van der Waals surface area contributed by atoms with E-state index in [0.29, 0.717) is 29.6 Å². The monoisotopic (exact) mass is 350 g/mol. The molecule has 0 heterocycles. The average molecular weight is 351 g/mol. The summed E-state index contributed by atoms with van der Waals surface area (Å²) in [7, 11) is -3.61. The molecule has 1 aromatic carbocycles. The van der Waals surface area contributed by atoms with E-state index in [0.717, 1.165) is 19.3 Å². The molecule has 21 heavy (non-hydrogen) atoms. The Kier molecular flexibility index (Phi) is 5.54. The fraction of sp³-hybridized carbons (Fsp3) is 0.571. The number of hydrogen-bond donors (Lipinski definition) is 1. The van der Waals surface area contributed by atoms with Crippen molar-refractivity contribution < 1.29 is 8.42 Å². The molecule has 1 aromatic rings. The molecule has 0 saturated heterocycles. The zero-order chi connectivity index (χ0) is 15.6. The summed E-state index contributed by atoms with van der Waals surface area (Å²) in [5.41, 5.74) is 6.09. The van der Waals surface area contributed by atoms with Gasteiger partial charge in [-0.3, -0.25) is 0 Å². The highest BCUT2D eigenvalue weighted by Gasteiger charge is 2.32. The molecule has 4 nitrogen and oxygen atoms in total. The van der Waals surface area contributed by atoms with Gasteiger partial charge in [-0.25, -0.2) is 8.42 Å². The van der Waals surface area contributed by atoms with Crippen LogP contribution >= 0.6 is 23.2 Å². The van der Waals surface area contributed by atoms with E-state index < -0.39 is 10.0 Å². The molecule has 0 bridgehead atoms. The summed E-state index contributed by atoms with van der Waals surface area (Å²) in [4.78, 5) is 0.100. The zero-order valence-electron chi connectivity index (χ0n) is 12.0. The minimum Gasteiger partial charge on any atom is -0.326 e. The van der Waals surface area contributed by atoms with Gasteiger partial charge in [0.1, 0.15) is 4.90 Å². The van der Waals surface area contributed by atoms with Crippen molar-refractivity contribution in [2.75, 3.05) is 13.1 Å². The fourth-order valence-electron chi connectivity index (χ4n) is 2.25. The second-order valence-corrected chi connectivity index (χ2v) is 8.04. The van der Waals surface area contributed by atoms with Gasteiger partial charge in [0.15, 0.2) is 0 Å². The maximum atomic E-state index is 12.8. The van der Waals surface area contributed by atoms with Gasteiger partial charge in [-0.2, -0.15) is 4.31 Å². The summed E-state index contributed by atoms with van der Waals surface area (Å²) in [6.45, 7) is 3.13. The Balaban J connectivity index is 2.41. The molecule has 0 spiro atoms. The van der Waals surface area contributed by atoms with Crippen LogP contribution in [0, 0.1) is 5.92 Å². The van der Waals surface area contributed by atoms with Crippen LogP contribution < -0.4 is 5.73 Å². The molecule has 0 aromatic heterocycles. The highest BCUT2D eigenvalue weighted by atomic mass is 35.5. The maximum absolute atomic E-state index is 12.8. The van der Waals surface area contributed by atoms with Gasteiger partial charge in [0, 0.05) is 30.2 Å². The molecular formula is C14H20Cl2N2O2S. The first-order chi connectivity index (χ1) is 9.91. The van der Waals surface area contributed by atoms with Crippen molar-refractivity contribution in [2.24, 2.45) is 11.7 Å². The van der Waals surface area contributed by atoms with Crippen LogP contribution in [0.1, 0.15) is 31.7 Å². The lowest BCUT2D eigenvalue weighted by Gasteiger charge is -2.23. The second kappa shape index (κ2) is 6.84. The van der Waals surface area contributed by atoms with Crippen molar-refractivity contribution >= 4 is 33.2 Å². The van der Waals surface area contributed by atoms with Crippen LogP contribution in [0.4, 0.5) is 0 Å². The summed E-state index contributed by atoms with van der Waals surface area (Å²) in [6.07, 6.45) is 2.96. The predicted octanol–water partition coefficient (Wildman–Crippen LogP) is 3.26. The summed E-state index contributed by atoms with van der Waals surface area (Å²) in [5.74, 6) is 0.478. The lowest BCUT2D eigenvalue weighted by Crippen LogP contribution is -2.34. The number of rotatable bonds is 7. The molecule has 0 atom stereocenters. The second-order valence-electron chi connectivity index (χ2n) is 5.35. The topological polar surface area (TPSA) is 63.4 Å². The van der Waals surface area contributed by atoms with Crippen LogP contribution in [-0.2, 0) is 16.6 Å². The number of sulfonamides is 1. The highest BCUT2D eigenvalue weighted by molar-refractivity contribution is 7.89. The molecule has 2 rings (SSSR count). The molecule has 118 valence electrons. The summed E-state index contributed by atoms with van der Waals surface area (Å²) in [5, 5.41) is 0.535. The Morgan fingerprint density at radius 3 is 2.52 bits per heavy atom. The summed E-state index contributed by atoms with van der Waals surface area (Å²) in [6, 6.07) is 3.01. The molecule has 2 N–H and O–H groups in total. The van der Waals surface area contributed by atoms with Crippen molar-refractivity contribution in [3.8, 4) is 0 Å². The molecule has 0 unspecified atom stereocenters. The first kappa shape index (κ1) is 17.0. The normalized spacial score (nSPS) is 15.7. The predicted molar refractivity (Wildman–Crippen MR) is 86.1 cm³/mol. The van der Waals surface area contributed by atoms with E-state index in [1.165, 1.54) is 10.4 Å². The molecule has 7 heteroatoms. The number of hydrogen-bond acceptors (Lipinski definition) is 3. The van der Waals surface area contributed by atoms with Crippen LogP contribution in [-0.4, -0.2) is 25.8 Å². The third-order valence-electron chi connectivity index (χ3n) is 3.60. The zero-order valence-corrected chi connectivity index (χ0v) is 14.3. The van der Waals surface area contributed by atoms with Crippen LogP contribution in [0.5, 0.6) is 0 Å². The fourth-order valence-corrected chi connectivity index (χ4v) is 4.76. The Hall–Kier alpha value is -0.330. The first-order valence-corrected chi connectivity index (χ1v) is 9.28. The third-order valence-corrected chi connectivity index (χ3v) is 6.41. The van der Waals surface area contributed by atoms with Crippen LogP contribution in [0.2, 0.25) is 10.0 Å². The first-order valence-electron chi connectivity index (χ1n) is 7.08. The van der Waals surface area contributed by atoms with Crippen LogP contribution in [0.15, 0.2) is 17.0 Å². The van der Waals surface area contributed by atoms with Gasteiger partial charge in [-0.15, -0.1) is 0 Å². The van der Waals surface area contributed by atoms with Crippen molar-refractivity contribution in [1.29, 1.82) is 0 Å². The molecule has 0 aliphatic heterocycles. The van der Waals surface area contributed by atoms with E-state index in [2.05, 4.69) is 0 Å². The van der Waals surface area contributed by atoms with Gasteiger partial charge in [-0.05, 0) is 37.3 Å². The van der Waals surface area contributed by atoms with E-state index in [4.69, 9.17) is 28.9 Å². The largest absolute Gasteiger partial charge is 0.326 e. The molecule has 0 amide bonds. The van der Waals surface area contributed by atoms with E-state index in [9.17, 15) is 8.42 Å². The third kappa shape index (κ3) is 3.71. The number of nitrogens with two attached hydrogens (primary N) is 1. The lowest BCUT2D eigenvalue weighted by atomic mass is 10.2. The van der Waals surface area contributed by atoms with Gasteiger partial charge in [0.2, 0.25) is 10.0 Å². The van der Waals surface area contributed by atoms with Gasteiger partial charge in [-0.1, -0.05) is 30.1 Å². The van der Waals surface area contributed by atoms with E-state index in [1.807, 2.05) is 6.92 Å². The quantitative estimate of drug-likeness (QED) is 0.820. The molecule has 1 saturated carbocycles. The maximum Gasteiger partial charge on any atom is 0.244 e. The van der Waals surface area contributed by atoms with Gasteiger partial charge in [0.05, 0.1) is 5.02 Å². The van der Waals surface area contributed by atoms with Gasteiger partial charge < -0.3 is 5.73 Å². The Morgan fingerprint density at radius 2 is 2.00 bits per heavy atom.